The molecule has 7 nitrogen and oxygen atoms in total. The summed E-state index contributed by atoms with van der Waals surface area (Å²) in [5.74, 6) is -0.408. The first-order chi connectivity index (χ1) is 9.65. The van der Waals surface area contributed by atoms with E-state index >= 15 is 0 Å². The van der Waals surface area contributed by atoms with Gasteiger partial charge in [-0.2, -0.15) is 0 Å². The Bertz CT molecular complexity index is 620. The Hall–Kier alpha value is -1.77. The first kappa shape index (κ1) is 13.2. The molecule has 0 aliphatic carbocycles. The summed E-state index contributed by atoms with van der Waals surface area (Å²) in [6, 6.07) is 0. The van der Waals surface area contributed by atoms with E-state index < -0.39 is 18.1 Å². The van der Waals surface area contributed by atoms with Crippen molar-refractivity contribution in [3.8, 4) is 0 Å². The largest absolute Gasteiger partial charge is 0.394 e. The average Bonchev–Trinajstić information content (AvgIpc) is 3.00. The number of methoxy groups -OCH3 is 1. The second kappa shape index (κ2) is 4.97. The maximum atomic E-state index is 14.0. The number of halogens is 1. The van der Waals surface area contributed by atoms with Gasteiger partial charge < -0.3 is 24.9 Å². The maximum Gasteiger partial charge on any atom is 0.154 e. The highest BCUT2D eigenvalue weighted by molar-refractivity contribution is 5.86. The Morgan fingerprint density at radius 3 is 3.05 bits per heavy atom. The van der Waals surface area contributed by atoms with E-state index in [2.05, 4.69) is 9.97 Å². The van der Waals surface area contributed by atoms with Crippen molar-refractivity contribution in [1.82, 2.24) is 14.5 Å². The molecule has 0 amide bonds. The van der Waals surface area contributed by atoms with Crippen molar-refractivity contribution in [2.45, 2.75) is 24.9 Å². The summed E-state index contributed by atoms with van der Waals surface area (Å²) in [5.41, 5.74) is 6.03. The molecule has 3 rings (SSSR count). The lowest BCUT2D eigenvalue weighted by molar-refractivity contribution is -0.0512. The predicted molar refractivity (Wildman–Crippen MR) is 68.3 cm³/mol. The number of hydrogen-bond acceptors (Lipinski definition) is 6. The van der Waals surface area contributed by atoms with Crippen molar-refractivity contribution in [2.24, 2.45) is 0 Å². The highest BCUT2D eigenvalue weighted by atomic mass is 19.1. The van der Waals surface area contributed by atoms with E-state index in [1.54, 1.807) is 11.7 Å². The van der Waals surface area contributed by atoms with Crippen molar-refractivity contribution in [1.29, 1.82) is 0 Å². The minimum absolute atomic E-state index is 0.0891. The zero-order chi connectivity index (χ0) is 14.3. The summed E-state index contributed by atoms with van der Waals surface area (Å²) in [6.07, 6.45) is 1.91. The van der Waals surface area contributed by atoms with Crippen LogP contribution in [0.3, 0.4) is 0 Å². The summed E-state index contributed by atoms with van der Waals surface area (Å²) >= 11 is 0. The molecule has 1 saturated heterocycles. The number of ether oxygens (including phenoxy) is 2. The van der Waals surface area contributed by atoms with Gasteiger partial charge in [-0.15, -0.1) is 0 Å². The Labute approximate surface area is 114 Å². The molecule has 2 aromatic heterocycles. The SMILES string of the molecule is CO[C@H]1C[C@H](n2cc(F)c3c(N)ncnc32)O[C@@H]1CO. The van der Waals surface area contributed by atoms with Gasteiger partial charge in [0.2, 0.25) is 0 Å². The molecule has 108 valence electrons. The number of aliphatic hydroxyl groups excluding tert-OH is 1. The number of aromatic nitrogens is 3. The zero-order valence-electron chi connectivity index (χ0n) is 10.9. The molecule has 0 unspecified atom stereocenters. The van der Waals surface area contributed by atoms with Crippen molar-refractivity contribution < 1.29 is 19.0 Å². The van der Waals surface area contributed by atoms with Crippen LogP contribution >= 0.6 is 0 Å². The molecule has 3 atom stereocenters. The lowest BCUT2D eigenvalue weighted by atomic mass is 10.2. The number of nitrogens with zero attached hydrogens (tertiary/aromatic N) is 3. The highest BCUT2D eigenvalue weighted by Crippen LogP contribution is 2.34. The fourth-order valence-electron chi connectivity index (χ4n) is 2.56. The molecule has 3 heterocycles. The van der Waals surface area contributed by atoms with E-state index in [1.807, 2.05) is 0 Å². The molecule has 0 aromatic carbocycles. The minimum Gasteiger partial charge on any atom is -0.394 e. The van der Waals surface area contributed by atoms with E-state index in [-0.39, 0.29) is 23.9 Å². The van der Waals surface area contributed by atoms with E-state index in [4.69, 9.17) is 15.2 Å². The van der Waals surface area contributed by atoms with Crippen LogP contribution in [0, 0.1) is 5.82 Å². The van der Waals surface area contributed by atoms with Crippen LogP contribution in [-0.2, 0) is 9.47 Å². The summed E-state index contributed by atoms with van der Waals surface area (Å²) in [4.78, 5) is 7.84. The van der Waals surface area contributed by atoms with Crippen molar-refractivity contribution >= 4 is 16.9 Å². The standard InChI is InChI=1S/C12H15FN4O3/c1-19-7-2-9(20-8(7)4-18)17-3-6(13)10-11(14)15-5-16-12(10)17/h3,5,7-9,18H,2,4H2,1H3,(H2,14,15,16)/t7-,8+,9+/m0/s1. The topological polar surface area (TPSA) is 95.4 Å². The second-order valence-electron chi connectivity index (χ2n) is 4.66. The first-order valence-corrected chi connectivity index (χ1v) is 6.21. The summed E-state index contributed by atoms with van der Waals surface area (Å²) in [7, 11) is 1.55. The van der Waals surface area contributed by atoms with Gasteiger partial charge in [0.1, 0.15) is 24.5 Å². The van der Waals surface area contributed by atoms with Gasteiger partial charge in [-0.25, -0.2) is 14.4 Å². The molecule has 0 spiro atoms. The molecule has 1 aliphatic heterocycles. The number of fused-ring (bicyclic) bond motifs is 1. The van der Waals surface area contributed by atoms with Crippen molar-refractivity contribution in [2.75, 3.05) is 19.5 Å². The number of hydrogen-bond donors (Lipinski definition) is 2. The molecule has 2 aromatic rings. The molecule has 0 radical (unpaired) electrons. The molecule has 1 fully saturated rings. The normalized spacial score (nSPS) is 26.4. The van der Waals surface area contributed by atoms with E-state index in [0.29, 0.717) is 12.1 Å². The second-order valence-corrected chi connectivity index (χ2v) is 4.66. The van der Waals surface area contributed by atoms with Gasteiger partial charge in [-0.3, -0.25) is 0 Å². The Balaban J connectivity index is 2.02. The number of nitrogen functional groups attached to an aromatic ring is 1. The zero-order valence-corrected chi connectivity index (χ0v) is 10.9. The van der Waals surface area contributed by atoms with E-state index in [1.165, 1.54) is 12.5 Å². The fraction of sp³-hybridized carbons (Fsp3) is 0.500. The molecule has 1 aliphatic rings. The van der Waals surface area contributed by atoms with Crippen LogP contribution in [0.1, 0.15) is 12.6 Å². The summed E-state index contributed by atoms with van der Waals surface area (Å²) < 4.78 is 26.5. The molecular formula is C12H15FN4O3. The van der Waals surface area contributed by atoms with Crippen LogP contribution in [-0.4, -0.2) is 45.6 Å². The lowest BCUT2D eigenvalue weighted by Gasteiger charge is -2.14. The quantitative estimate of drug-likeness (QED) is 0.848. The van der Waals surface area contributed by atoms with Crippen LogP contribution in [0.15, 0.2) is 12.5 Å². The van der Waals surface area contributed by atoms with Gasteiger partial charge in [-0.1, -0.05) is 0 Å². The Morgan fingerprint density at radius 2 is 2.40 bits per heavy atom. The third kappa shape index (κ3) is 1.92. The van der Waals surface area contributed by atoms with Crippen LogP contribution in [0.5, 0.6) is 0 Å². The molecule has 0 saturated carbocycles. The Kier molecular flexibility index (Phi) is 3.28. The monoisotopic (exact) mass is 282 g/mol. The maximum absolute atomic E-state index is 14.0. The molecule has 3 N–H and O–H groups in total. The molecule has 20 heavy (non-hydrogen) atoms. The average molecular weight is 282 g/mol. The highest BCUT2D eigenvalue weighted by Gasteiger charge is 2.37. The molecule has 8 heteroatoms. The summed E-state index contributed by atoms with van der Waals surface area (Å²) in [6.45, 7) is -0.159. The van der Waals surface area contributed by atoms with Crippen molar-refractivity contribution in [3.05, 3.63) is 18.3 Å². The fourth-order valence-corrected chi connectivity index (χ4v) is 2.56. The van der Waals surface area contributed by atoms with Gasteiger partial charge in [-0.05, 0) is 0 Å². The van der Waals surface area contributed by atoms with Crippen LogP contribution < -0.4 is 5.73 Å². The van der Waals surface area contributed by atoms with Gasteiger partial charge >= 0.3 is 0 Å². The van der Waals surface area contributed by atoms with Gasteiger partial charge in [0.05, 0.1) is 18.1 Å². The third-order valence-electron chi connectivity index (χ3n) is 3.57. The third-order valence-corrected chi connectivity index (χ3v) is 3.57. The number of aliphatic hydroxyl groups is 1. The lowest BCUT2D eigenvalue weighted by Crippen LogP contribution is -2.26. The first-order valence-electron chi connectivity index (χ1n) is 6.21. The number of rotatable bonds is 3. The van der Waals surface area contributed by atoms with Crippen LogP contribution in [0.4, 0.5) is 10.2 Å². The predicted octanol–water partition coefficient (Wildman–Crippen LogP) is 0.447. The summed E-state index contributed by atoms with van der Waals surface area (Å²) in [5, 5.41) is 9.44. The Morgan fingerprint density at radius 1 is 1.60 bits per heavy atom. The molecular weight excluding hydrogens is 267 g/mol. The van der Waals surface area contributed by atoms with Crippen LogP contribution in [0.25, 0.3) is 11.0 Å². The molecule has 0 bridgehead atoms. The van der Waals surface area contributed by atoms with Crippen molar-refractivity contribution in [3.63, 3.8) is 0 Å². The van der Waals surface area contributed by atoms with E-state index in [9.17, 15) is 9.50 Å². The smallest absolute Gasteiger partial charge is 0.154 e. The van der Waals surface area contributed by atoms with Gasteiger partial charge in [0, 0.05) is 19.7 Å². The number of nitrogens with two attached hydrogens (primary N) is 1. The number of anilines is 1. The van der Waals surface area contributed by atoms with Crippen LogP contribution in [0.2, 0.25) is 0 Å². The van der Waals surface area contributed by atoms with Gasteiger partial charge in [0.25, 0.3) is 0 Å². The van der Waals surface area contributed by atoms with E-state index in [0.717, 1.165) is 0 Å². The minimum atomic E-state index is -0.497. The van der Waals surface area contributed by atoms with Gasteiger partial charge in [0.15, 0.2) is 11.5 Å².